The molecule has 170 valence electrons. The van der Waals surface area contributed by atoms with Crippen molar-refractivity contribution in [2.24, 2.45) is 0 Å². The highest BCUT2D eigenvalue weighted by Gasteiger charge is 2.32. The molecule has 11 heteroatoms. The minimum atomic E-state index is -4.47. The molecular weight excluding hydrogens is 427 g/mol. The van der Waals surface area contributed by atoms with Gasteiger partial charge in [0.25, 0.3) is 5.89 Å². The number of rotatable bonds is 4. The maximum atomic E-state index is 13.0. The average molecular weight is 449 g/mol. The van der Waals surface area contributed by atoms with Gasteiger partial charge in [0.1, 0.15) is 6.54 Å². The molecule has 2 aromatic heterocycles. The summed E-state index contributed by atoms with van der Waals surface area (Å²) in [6, 6.07) is 4.69. The van der Waals surface area contributed by atoms with Gasteiger partial charge in [-0.3, -0.25) is 9.48 Å². The van der Waals surface area contributed by atoms with Crippen LogP contribution in [0.4, 0.5) is 13.2 Å². The summed E-state index contributed by atoms with van der Waals surface area (Å²) in [6.07, 6.45) is -5.14. The van der Waals surface area contributed by atoms with E-state index in [-0.39, 0.29) is 42.9 Å². The van der Waals surface area contributed by atoms with E-state index in [1.54, 1.807) is 9.58 Å². The van der Waals surface area contributed by atoms with Gasteiger partial charge in [0, 0.05) is 17.8 Å². The van der Waals surface area contributed by atoms with E-state index < -0.39 is 17.8 Å². The molecule has 4 rings (SSSR count). The Morgan fingerprint density at radius 2 is 2.03 bits per heavy atom. The summed E-state index contributed by atoms with van der Waals surface area (Å²) in [5.74, 6) is 0.00894. The lowest BCUT2D eigenvalue weighted by atomic mass is 10.1. The first-order valence-corrected chi connectivity index (χ1v) is 10.0. The maximum absolute atomic E-state index is 13.0. The smallest absolute Gasteiger partial charge is 0.365 e. The lowest BCUT2D eigenvalue weighted by Gasteiger charge is -2.31. The summed E-state index contributed by atoms with van der Waals surface area (Å²) >= 11 is 0. The van der Waals surface area contributed by atoms with E-state index in [1.165, 1.54) is 12.1 Å². The lowest BCUT2D eigenvalue weighted by molar-refractivity contribution is -0.141. The summed E-state index contributed by atoms with van der Waals surface area (Å²) in [5.41, 5.74) is 2.24. The molecular formula is C21H22F3N5O3. The number of hydrogen-bond acceptors (Lipinski definition) is 6. The summed E-state index contributed by atoms with van der Waals surface area (Å²) in [4.78, 5) is 18.7. The van der Waals surface area contributed by atoms with Crippen LogP contribution in [-0.2, 0) is 22.3 Å². The van der Waals surface area contributed by atoms with Gasteiger partial charge in [-0.25, -0.2) is 0 Å². The normalized spacial score (nSPS) is 17.1. The number of aromatic nitrogens is 4. The molecule has 8 nitrogen and oxygen atoms in total. The molecule has 1 fully saturated rings. The molecule has 1 aliphatic heterocycles. The molecule has 3 heterocycles. The maximum Gasteiger partial charge on any atom is 0.416 e. The van der Waals surface area contributed by atoms with Crippen molar-refractivity contribution < 1.29 is 27.2 Å². The number of halogens is 3. The summed E-state index contributed by atoms with van der Waals surface area (Å²) in [7, 11) is 0. The van der Waals surface area contributed by atoms with Crippen LogP contribution in [0.25, 0.3) is 11.4 Å². The van der Waals surface area contributed by atoms with E-state index in [1.807, 2.05) is 20.8 Å². The fourth-order valence-electron chi connectivity index (χ4n) is 3.51. The first kappa shape index (κ1) is 22.0. The molecule has 1 saturated heterocycles. The third kappa shape index (κ3) is 4.38. The molecule has 0 spiro atoms. The second-order valence-corrected chi connectivity index (χ2v) is 7.69. The molecule has 0 radical (unpaired) electrons. The Morgan fingerprint density at radius 1 is 1.25 bits per heavy atom. The Balaban J connectivity index is 1.47. The first-order chi connectivity index (χ1) is 15.1. The highest BCUT2D eigenvalue weighted by Crippen LogP contribution is 2.32. The van der Waals surface area contributed by atoms with E-state index in [2.05, 4.69) is 15.2 Å². The molecule has 32 heavy (non-hydrogen) atoms. The summed E-state index contributed by atoms with van der Waals surface area (Å²) < 4.78 is 51.5. The van der Waals surface area contributed by atoms with Gasteiger partial charge in [0.15, 0.2) is 6.10 Å². The molecule has 0 unspecified atom stereocenters. The number of carbonyl (C=O) groups is 1. The van der Waals surface area contributed by atoms with E-state index in [4.69, 9.17) is 9.26 Å². The monoisotopic (exact) mass is 449 g/mol. The van der Waals surface area contributed by atoms with Crippen LogP contribution in [-0.4, -0.2) is 50.4 Å². The van der Waals surface area contributed by atoms with Crippen molar-refractivity contribution in [3.8, 4) is 11.4 Å². The molecule has 0 bridgehead atoms. The van der Waals surface area contributed by atoms with Crippen LogP contribution in [0.3, 0.4) is 0 Å². The molecule has 1 amide bonds. The van der Waals surface area contributed by atoms with Crippen molar-refractivity contribution in [3.63, 3.8) is 0 Å². The number of aryl methyl sites for hydroxylation is 1. The first-order valence-electron chi connectivity index (χ1n) is 10.0. The van der Waals surface area contributed by atoms with Gasteiger partial charge in [-0.2, -0.15) is 23.3 Å². The Bertz CT molecular complexity index is 1140. The minimum Gasteiger partial charge on any atom is -0.365 e. The molecule has 1 atom stereocenters. The fraction of sp³-hybridized carbons (Fsp3) is 0.429. The van der Waals surface area contributed by atoms with Crippen molar-refractivity contribution in [2.45, 2.75) is 39.6 Å². The van der Waals surface area contributed by atoms with Crippen molar-refractivity contribution in [1.82, 2.24) is 24.8 Å². The number of ether oxygens (including phenoxy) is 1. The van der Waals surface area contributed by atoms with Crippen LogP contribution in [0.5, 0.6) is 0 Å². The highest BCUT2D eigenvalue weighted by atomic mass is 19.4. The van der Waals surface area contributed by atoms with Crippen LogP contribution < -0.4 is 0 Å². The Hall–Kier alpha value is -3.21. The Labute approximate surface area is 182 Å². The van der Waals surface area contributed by atoms with Crippen molar-refractivity contribution in [3.05, 3.63) is 52.7 Å². The van der Waals surface area contributed by atoms with E-state index in [0.717, 1.165) is 29.1 Å². The van der Waals surface area contributed by atoms with E-state index in [9.17, 15) is 18.0 Å². The zero-order chi connectivity index (χ0) is 23.0. The van der Waals surface area contributed by atoms with E-state index >= 15 is 0 Å². The summed E-state index contributed by atoms with van der Waals surface area (Å²) in [5, 5.41) is 8.20. The highest BCUT2D eigenvalue weighted by molar-refractivity contribution is 5.76. The van der Waals surface area contributed by atoms with E-state index in [0.29, 0.717) is 6.54 Å². The van der Waals surface area contributed by atoms with Gasteiger partial charge in [0.2, 0.25) is 11.7 Å². The molecule has 0 N–H and O–H groups in total. The average Bonchev–Trinajstić information content (AvgIpc) is 3.35. The zero-order valence-corrected chi connectivity index (χ0v) is 17.8. The van der Waals surface area contributed by atoms with Gasteiger partial charge >= 0.3 is 6.18 Å². The predicted octanol–water partition coefficient (Wildman–Crippen LogP) is 3.48. The van der Waals surface area contributed by atoms with Gasteiger partial charge < -0.3 is 14.2 Å². The van der Waals surface area contributed by atoms with Gasteiger partial charge in [-0.1, -0.05) is 17.3 Å². The largest absolute Gasteiger partial charge is 0.416 e. The number of nitrogens with zero attached hydrogens (tertiary/aromatic N) is 5. The summed E-state index contributed by atoms with van der Waals surface area (Å²) in [6.45, 7) is 6.75. The molecule has 0 aliphatic carbocycles. The zero-order valence-electron chi connectivity index (χ0n) is 17.8. The number of alkyl halides is 3. The topological polar surface area (TPSA) is 86.3 Å². The quantitative estimate of drug-likeness (QED) is 0.606. The van der Waals surface area contributed by atoms with Gasteiger partial charge in [-0.05, 0) is 38.5 Å². The van der Waals surface area contributed by atoms with Crippen LogP contribution in [0.2, 0.25) is 0 Å². The third-order valence-electron chi connectivity index (χ3n) is 5.61. The van der Waals surface area contributed by atoms with Gasteiger partial charge in [0.05, 0.1) is 24.4 Å². The third-order valence-corrected chi connectivity index (χ3v) is 5.61. The minimum absolute atomic E-state index is 0.0243. The number of amides is 1. The van der Waals surface area contributed by atoms with Gasteiger partial charge in [-0.15, -0.1) is 0 Å². The molecule has 0 saturated carbocycles. The second kappa shape index (κ2) is 8.38. The van der Waals surface area contributed by atoms with Crippen molar-refractivity contribution in [2.75, 3.05) is 19.7 Å². The Kier molecular flexibility index (Phi) is 5.76. The second-order valence-electron chi connectivity index (χ2n) is 7.69. The van der Waals surface area contributed by atoms with Crippen molar-refractivity contribution in [1.29, 1.82) is 0 Å². The SMILES string of the molecule is Cc1nn(CC(=O)N2CCO[C@@H](c3nc(-c4cccc(C(F)(F)F)c4)no3)C2)c(C)c1C. The fourth-order valence-corrected chi connectivity index (χ4v) is 3.51. The molecule has 3 aromatic rings. The molecule has 1 aromatic carbocycles. The number of morpholine rings is 1. The standard InChI is InChI=1S/C21H22F3N5O3/c1-12-13(2)26-29(14(12)3)11-18(30)28-7-8-31-17(10-28)20-25-19(27-32-20)15-5-4-6-16(9-15)21(22,23)24/h4-6,9,17H,7-8,10-11H2,1-3H3/t17-/m1/s1. The Morgan fingerprint density at radius 3 is 2.72 bits per heavy atom. The van der Waals surface area contributed by atoms with Crippen molar-refractivity contribution >= 4 is 5.91 Å². The van der Waals surface area contributed by atoms with Crippen LogP contribution in [0.1, 0.15) is 34.5 Å². The predicted molar refractivity (Wildman–Crippen MR) is 106 cm³/mol. The van der Waals surface area contributed by atoms with Crippen LogP contribution in [0, 0.1) is 20.8 Å². The van der Waals surface area contributed by atoms with Crippen LogP contribution in [0.15, 0.2) is 28.8 Å². The lowest BCUT2D eigenvalue weighted by Crippen LogP contribution is -2.44. The number of benzene rings is 1. The van der Waals surface area contributed by atoms with Crippen LogP contribution >= 0.6 is 0 Å². The number of carbonyl (C=O) groups excluding carboxylic acids is 1. The number of hydrogen-bond donors (Lipinski definition) is 0. The molecule has 1 aliphatic rings.